The number of unbranched alkanes of at least 4 members (excludes halogenated alkanes) is 1. The van der Waals surface area contributed by atoms with Crippen LogP contribution < -0.4 is 0 Å². The van der Waals surface area contributed by atoms with Crippen LogP contribution in [-0.4, -0.2) is 39.2 Å². The number of carboxylic acids is 3. The average molecular weight is 342 g/mol. The van der Waals surface area contributed by atoms with Crippen molar-refractivity contribution in [2.75, 3.05) is 0 Å². The van der Waals surface area contributed by atoms with E-state index >= 15 is 0 Å². The first kappa shape index (κ1) is 19.7. The van der Waals surface area contributed by atoms with E-state index < -0.39 is 41.6 Å². The lowest BCUT2D eigenvalue weighted by Crippen LogP contribution is -2.52. The van der Waals surface area contributed by atoms with Crippen LogP contribution in [-0.2, 0) is 23.9 Å². The number of rotatable bonds is 9. The van der Waals surface area contributed by atoms with Crippen LogP contribution in [0.3, 0.4) is 0 Å². The Balaban J connectivity index is 3.30. The molecule has 0 aromatic carbocycles. The van der Waals surface area contributed by atoms with E-state index in [1.165, 1.54) is 0 Å². The summed E-state index contributed by atoms with van der Waals surface area (Å²) in [5, 5.41) is 28.0. The van der Waals surface area contributed by atoms with Gasteiger partial charge >= 0.3 is 23.9 Å². The van der Waals surface area contributed by atoms with Gasteiger partial charge in [0.05, 0.1) is 0 Å². The van der Waals surface area contributed by atoms with Crippen molar-refractivity contribution in [1.82, 2.24) is 0 Å². The van der Waals surface area contributed by atoms with Gasteiger partial charge in [-0.25, -0.2) is 0 Å². The first-order chi connectivity index (χ1) is 11.3. The molecule has 0 radical (unpaired) electrons. The predicted molar refractivity (Wildman–Crippen MR) is 81.0 cm³/mol. The highest BCUT2D eigenvalue weighted by molar-refractivity contribution is 6.10. The minimum atomic E-state index is -2.66. The normalized spacial score (nSPS) is 16.8. The first-order valence-electron chi connectivity index (χ1n) is 7.87. The Morgan fingerprint density at radius 1 is 1.17 bits per heavy atom. The van der Waals surface area contributed by atoms with Crippen LogP contribution in [0.2, 0.25) is 0 Å². The smallest absolute Gasteiger partial charge is 0.330 e. The maximum absolute atomic E-state index is 12.6. The molecule has 0 bridgehead atoms. The second kappa shape index (κ2) is 8.47. The van der Waals surface area contributed by atoms with E-state index in [2.05, 4.69) is 0 Å². The zero-order chi connectivity index (χ0) is 18.3. The highest BCUT2D eigenvalue weighted by Gasteiger charge is 2.60. The molecular formula is C16H22O8. The predicted octanol–water partition coefficient (Wildman–Crippen LogP) is 2.03. The van der Waals surface area contributed by atoms with Crippen LogP contribution in [0.25, 0.3) is 0 Å². The Morgan fingerprint density at radius 2 is 1.79 bits per heavy atom. The summed E-state index contributed by atoms with van der Waals surface area (Å²) in [5.74, 6) is -9.04. The number of esters is 1. The second-order valence-electron chi connectivity index (χ2n) is 5.80. The summed E-state index contributed by atoms with van der Waals surface area (Å²) in [6.07, 6.45) is 4.63. The maximum Gasteiger partial charge on any atom is 0.330 e. The molecule has 134 valence electrons. The molecule has 1 aliphatic rings. The maximum atomic E-state index is 12.6. The minimum Gasteiger partial charge on any atom is -0.481 e. The van der Waals surface area contributed by atoms with E-state index in [1.54, 1.807) is 13.0 Å². The van der Waals surface area contributed by atoms with Crippen LogP contribution in [0, 0.1) is 11.3 Å². The molecular weight excluding hydrogens is 320 g/mol. The number of carbonyl (C=O) groups excluding carboxylic acids is 1. The third-order valence-electron chi connectivity index (χ3n) is 4.13. The summed E-state index contributed by atoms with van der Waals surface area (Å²) in [7, 11) is 0. The Morgan fingerprint density at radius 3 is 2.21 bits per heavy atom. The molecule has 1 aliphatic carbocycles. The summed E-state index contributed by atoms with van der Waals surface area (Å²) in [4.78, 5) is 47.1. The molecule has 1 unspecified atom stereocenters. The lowest BCUT2D eigenvalue weighted by molar-refractivity contribution is -0.184. The molecule has 3 N–H and O–H groups in total. The fourth-order valence-corrected chi connectivity index (χ4v) is 2.78. The largest absolute Gasteiger partial charge is 0.481 e. The fraction of sp³-hybridized carbons (Fsp3) is 0.625. The van der Waals surface area contributed by atoms with Gasteiger partial charge in [0.25, 0.3) is 0 Å². The number of hydrogen-bond acceptors (Lipinski definition) is 5. The van der Waals surface area contributed by atoms with Crippen molar-refractivity contribution in [3.05, 3.63) is 11.8 Å². The zero-order valence-corrected chi connectivity index (χ0v) is 13.5. The van der Waals surface area contributed by atoms with Gasteiger partial charge in [0.2, 0.25) is 0 Å². The summed E-state index contributed by atoms with van der Waals surface area (Å²) in [5.41, 5.74) is -2.66. The van der Waals surface area contributed by atoms with Crippen LogP contribution in [0.15, 0.2) is 11.8 Å². The molecule has 0 fully saturated rings. The van der Waals surface area contributed by atoms with E-state index in [-0.39, 0.29) is 12.2 Å². The summed E-state index contributed by atoms with van der Waals surface area (Å²) < 4.78 is 5.11. The van der Waals surface area contributed by atoms with Crippen molar-refractivity contribution >= 4 is 23.9 Å². The molecule has 8 heteroatoms. The standard InChI is InChI=1S/C16H22O8/c1-2-3-9-16(14(21)22,11(12(17)18)13(19)20)15(23)24-10-7-5-4-6-8-10/h7,11H,2-6,8-9H2,1H3,(H,17,18)(H,19,20)(H,21,22). The average Bonchev–Trinajstić information content (AvgIpc) is 2.50. The minimum absolute atomic E-state index is 0.178. The van der Waals surface area contributed by atoms with Gasteiger partial charge in [0.1, 0.15) is 5.76 Å². The van der Waals surface area contributed by atoms with Gasteiger partial charge < -0.3 is 20.1 Å². The quantitative estimate of drug-likeness (QED) is 0.427. The molecule has 0 saturated carbocycles. The van der Waals surface area contributed by atoms with Gasteiger partial charge in [-0.05, 0) is 31.8 Å². The number of aliphatic carboxylic acids is 3. The third-order valence-corrected chi connectivity index (χ3v) is 4.13. The van der Waals surface area contributed by atoms with Gasteiger partial charge in [-0.1, -0.05) is 19.8 Å². The van der Waals surface area contributed by atoms with E-state index in [9.17, 15) is 34.5 Å². The van der Waals surface area contributed by atoms with Crippen molar-refractivity contribution < 1.29 is 39.2 Å². The highest BCUT2D eigenvalue weighted by Crippen LogP contribution is 2.38. The molecule has 0 spiro atoms. The lowest BCUT2D eigenvalue weighted by atomic mass is 9.71. The Kier molecular flexibility index (Phi) is 6.94. The molecule has 8 nitrogen and oxygen atoms in total. The van der Waals surface area contributed by atoms with Crippen LogP contribution in [0.1, 0.15) is 51.9 Å². The Bertz CT molecular complexity index is 536. The molecule has 0 saturated heterocycles. The number of allylic oxidation sites excluding steroid dienone is 2. The summed E-state index contributed by atoms with van der Waals surface area (Å²) in [6.45, 7) is 1.72. The lowest BCUT2D eigenvalue weighted by Gasteiger charge is -2.30. The van der Waals surface area contributed by atoms with Crippen molar-refractivity contribution in [3.63, 3.8) is 0 Å². The van der Waals surface area contributed by atoms with Crippen molar-refractivity contribution in [2.24, 2.45) is 11.3 Å². The molecule has 1 rings (SSSR count). The Labute approximate surface area is 139 Å². The van der Waals surface area contributed by atoms with Gasteiger partial charge in [0, 0.05) is 6.42 Å². The first-order valence-corrected chi connectivity index (χ1v) is 7.87. The fourth-order valence-electron chi connectivity index (χ4n) is 2.78. The zero-order valence-electron chi connectivity index (χ0n) is 13.5. The van der Waals surface area contributed by atoms with E-state index in [1.807, 2.05) is 0 Å². The van der Waals surface area contributed by atoms with Crippen LogP contribution in [0.4, 0.5) is 0 Å². The van der Waals surface area contributed by atoms with E-state index in [0.29, 0.717) is 19.3 Å². The van der Waals surface area contributed by atoms with Gasteiger partial charge in [-0.2, -0.15) is 0 Å². The number of carbonyl (C=O) groups is 4. The van der Waals surface area contributed by atoms with Crippen LogP contribution >= 0.6 is 0 Å². The molecule has 0 aliphatic heterocycles. The second-order valence-corrected chi connectivity index (χ2v) is 5.80. The number of ether oxygens (including phenoxy) is 1. The van der Waals surface area contributed by atoms with E-state index in [0.717, 1.165) is 12.8 Å². The molecule has 0 aromatic heterocycles. The molecule has 1 atom stereocenters. The molecule has 0 heterocycles. The van der Waals surface area contributed by atoms with Crippen molar-refractivity contribution in [3.8, 4) is 0 Å². The summed E-state index contributed by atoms with van der Waals surface area (Å²) >= 11 is 0. The van der Waals surface area contributed by atoms with Crippen molar-refractivity contribution in [1.29, 1.82) is 0 Å². The van der Waals surface area contributed by atoms with Gasteiger partial charge in [-0.15, -0.1) is 0 Å². The van der Waals surface area contributed by atoms with Crippen molar-refractivity contribution in [2.45, 2.75) is 51.9 Å². The SMILES string of the molecule is CCCCC(C(=O)O)(C(=O)OC1=CCCCC1)C(C(=O)O)C(=O)O. The molecule has 0 amide bonds. The third kappa shape index (κ3) is 4.12. The molecule has 0 aromatic rings. The highest BCUT2D eigenvalue weighted by atomic mass is 16.5. The van der Waals surface area contributed by atoms with E-state index in [4.69, 9.17) is 4.74 Å². The van der Waals surface area contributed by atoms with Gasteiger partial charge in [0.15, 0.2) is 11.3 Å². The Hall–Kier alpha value is -2.38. The topological polar surface area (TPSA) is 138 Å². The van der Waals surface area contributed by atoms with Crippen LogP contribution in [0.5, 0.6) is 0 Å². The number of hydrogen-bond donors (Lipinski definition) is 3. The van der Waals surface area contributed by atoms with Gasteiger partial charge in [-0.3, -0.25) is 19.2 Å². The molecule has 24 heavy (non-hydrogen) atoms. The number of carboxylic acid groups (broad SMARTS) is 3. The monoisotopic (exact) mass is 342 g/mol. The summed E-state index contributed by atoms with van der Waals surface area (Å²) in [6, 6.07) is 0.